The number of halogens is 1. The fourth-order valence-electron chi connectivity index (χ4n) is 3.11. The van der Waals surface area contributed by atoms with E-state index < -0.39 is 0 Å². The van der Waals surface area contributed by atoms with Crippen molar-refractivity contribution in [3.05, 3.63) is 82.1 Å². The van der Waals surface area contributed by atoms with Gasteiger partial charge in [-0.25, -0.2) is 9.67 Å². The Balaban J connectivity index is 1.35. The van der Waals surface area contributed by atoms with E-state index in [1.165, 1.54) is 23.1 Å². The second kappa shape index (κ2) is 8.18. The van der Waals surface area contributed by atoms with Gasteiger partial charge < -0.3 is 10.6 Å². The van der Waals surface area contributed by atoms with Crippen LogP contribution >= 0.6 is 34.7 Å². The Morgan fingerprint density at radius 2 is 2.03 bits per heavy atom. The molecular weight excluding hydrogens is 454 g/mol. The predicted molar refractivity (Wildman–Crippen MR) is 120 cm³/mol. The van der Waals surface area contributed by atoms with Crippen LogP contribution in [0.4, 0.5) is 5.69 Å². The van der Waals surface area contributed by atoms with Crippen molar-refractivity contribution in [2.24, 2.45) is 0 Å². The maximum atomic E-state index is 12.8. The van der Waals surface area contributed by atoms with Crippen molar-refractivity contribution in [1.29, 1.82) is 0 Å². The van der Waals surface area contributed by atoms with Gasteiger partial charge in [-0.3, -0.25) is 9.59 Å². The molecule has 1 aliphatic rings. The molecule has 0 saturated heterocycles. The second-order valence-corrected chi connectivity index (χ2v) is 9.15. The molecule has 0 spiro atoms. The number of rotatable bonds is 4. The van der Waals surface area contributed by atoms with Crippen molar-refractivity contribution < 1.29 is 9.59 Å². The molecule has 2 aromatic carbocycles. The summed E-state index contributed by atoms with van der Waals surface area (Å²) in [5.74, 6) is -0.583. The van der Waals surface area contributed by atoms with Gasteiger partial charge in [0.05, 0.1) is 28.4 Å². The average Bonchev–Trinajstić information content (AvgIpc) is 3.44. The van der Waals surface area contributed by atoms with E-state index in [1.54, 1.807) is 41.5 Å². The maximum absolute atomic E-state index is 12.8. The van der Waals surface area contributed by atoms with Crippen molar-refractivity contribution in [2.75, 3.05) is 5.32 Å². The lowest BCUT2D eigenvalue weighted by Gasteiger charge is -2.12. The minimum Gasteiger partial charge on any atom is -0.347 e. The van der Waals surface area contributed by atoms with Crippen LogP contribution in [0.5, 0.6) is 0 Å². The first-order chi connectivity index (χ1) is 15.1. The van der Waals surface area contributed by atoms with Gasteiger partial charge in [0.1, 0.15) is 0 Å². The highest BCUT2D eigenvalue weighted by atomic mass is 35.5. The van der Waals surface area contributed by atoms with Crippen molar-refractivity contribution >= 4 is 52.2 Å². The molecule has 2 N–H and O–H groups in total. The first kappa shape index (κ1) is 19.8. The molecule has 5 rings (SSSR count). The van der Waals surface area contributed by atoms with E-state index in [1.807, 2.05) is 24.3 Å². The summed E-state index contributed by atoms with van der Waals surface area (Å²) in [4.78, 5) is 32.2. The van der Waals surface area contributed by atoms with Gasteiger partial charge in [-0.2, -0.15) is 5.10 Å². The molecule has 2 aromatic heterocycles. The molecule has 10 heteroatoms. The summed E-state index contributed by atoms with van der Waals surface area (Å²) < 4.78 is 1.66. The number of carbonyl (C=O) groups excluding carboxylic acids is 2. The fraction of sp³-hybridized carbons (Fsp3) is 0.0476. The van der Waals surface area contributed by atoms with Gasteiger partial charge >= 0.3 is 0 Å². The Labute approximate surface area is 190 Å². The summed E-state index contributed by atoms with van der Waals surface area (Å²) in [5.41, 5.74) is 1.31. The number of fused-ring (bicyclic) bond motifs is 2. The first-order valence-electron chi connectivity index (χ1n) is 9.24. The van der Waals surface area contributed by atoms with E-state index in [-0.39, 0.29) is 16.8 Å². The largest absolute Gasteiger partial charge is 0.347 e. The van der Waals surface area contributed by atoms with Crippen LogP contribution < -0.4 is 10.6 Å². The monoisotopic (exact) mass is 467 g/mol. The van der Waals surface area contributed by atoms with Crippen molar-refractivity contribution in [1.82, 2.24) is 20.1 Å². The number of amides is 2. The molecule has 2 amide bonds. The molecule has 0 atom stereocenters. The molecule has 0 radical (unpaired) electrons. The summed E-state index contributed by atoms with van der Waals surface area (Å²) in [7, 11) is 0. The van der Waals surface area contributed by atoms with Crippen LogP contribution in [0.25, 0.3) is 5.13 Å². The van der Waals surface area contributed by atoms with Gasteiger partial charge in [0.2, 0.25) is 5.13 Å². The summed E-state index contributed by atoms with van der Waals surface area (Å²) in [6.07, 6.45) is 5.19. The highest BCUT2D eigenvalue weighted by Crippen LogP contribution is 2.43. The number of hydrogen-bond acceptors (Lipinski definition) is 6. The van der Waals surface area contributed by atoms with Crippen LogP contribution in [0.2, 0.25) is 5.02 Å². The van der Waals surface area contributed by atoms with Crippen molar-refractivity contribution in [2.45, 2.75) is 16.3 Å². The molecular formula is C21H14ClN5O2S2. The lowest BCUT2D eigenvalue weighted by Crippen LogP contribution is -2.23. The standard InChI is InChI=1S/C21H14ClN5O2S2/c22-17-14(19(28)23-10-12-11-24-21(30-12)27-9-3-8-25-27)6-7-16-18(17)26-20(29)13-4-1-2-5-15(13)31-16/h1-9,11H,10H2,(H,23,28)(H,26,29). The Bertz CT molecular complexity index is 1300. The smallest absolute Gasteiger partial charge is 0.256 e. The van der Waals surface area contributed by atoms with Crippen LogP contribution in [0.3, 0.4) is 0 Å². The normalized spacial score (nSPS) is 12.5. The third-order valence-electron chi connectivity index (χ3n) is 4.60. The summed E-state index contributed by atoms with van der Waals surface area (Å²) in [5, 5.41) is 10.8. The van der Waals surface area contributed by atoms with Gasteiger partial charge in [0, 0.05) is 33.3 Å². The average molecular weight is 468 g/mol. The van der Waals surface area contributed by atoms with E-state index in [9.17, 15) is 9.59 Å². The Kier molecular flexibility index (Phi) is 5.23. The second-order valence-electron chi connectivity index (χ2n) is 6.60. The number of hydrogen-bond donors (Lipinski definition) is 2. The van der Waals surface area contributed by atoms with E-state index in [4.69, 9.17) is 11.6 Å². The molecule has 31 heavy (non-hydrogen) atoms. The van der Waals surface area contributed by atoms with Gasteiger partial charge in [-0.1, -0.05) is 46.8 Å². The van der Waals surface area contributed by atoms with Crippen LogP contribution in [0.1, 0.15) is 25.6 Å². The minimum absolute atomic E-state index is 0.213. The lowest BCUT2D eigenvalue weighted by molar-refractivity contribution is 0.0950. The Hall–Kier alpha value is -3.14. The molecule has 0 unspecified atom stereocenters. The molecule has 0 saturated carbocycles. The fourth-order valence-corrected chi connectivity index (χ4v) is 5.30. The maximum Gasteiger partial charge on any atom is 0.256 e. The third-order valence-corrected chi connectivity index (χ3v) is 7.12. The van der Waals surface area contributed by atoms with Gasteiger partial charge in [0.15, 0.2) is 0 Å². The number of nitrogens with zero attached hydrogens (tertiary/aromatic N) is 3. The SMILES string of the molecule is O=C1Nc2c(ccc(C(=O)NCc3cnc(-n4cccn4)s3)c2Cl)Sc2ccccc21. The zero-order valence-electron chi connectivity index (χ0n) is 15.8. The number of nitrogens with one attached hydrogen (secondary N) is 2. The van der Waals surface area contributed by atoms with E-state index in [2.05, 4.69) is 20.7 Å². The van der Waals surface area contributed by atoms with Gasteiger partial charge in [0.25, 0.3) is 11.8 Å². The zero-order valence-corrected chi connectivity index (χ0v) is 18.2. The van der Waals surface area contributed by atoms with Crippen LogP contribution in [0, 0.1) is 0 Å². The highest BCUT2D eigenvalue weighted by molar-refractivity contribution is 7.99. The molecule has 0 bridgehead atoms. The van der Waals surface area contributed by atoms with Crippen LogP contribution in [0.15, 0.2) is 70.8 Å². The molecule has 3 heterocycles. The number of thiazole rings is 1. The topological polar surface area (TPSA) is 88.9 Å². The lowest BCUT2D eigenvalue weighted by atomic mass is 10.1. The van der Waals surface area contributed by atoms with Crippen LogP contribution in [-0.2, 0) is 6.54 Å². The van der Waals surface area contributed by atoms with Crippen LogP contribution in [-0.4, -0.2) is 26.6 Å². The van der Waals surface area contributed by atoms with Crippen molar-refractivity contribution in [3.63, 3.8) is 0 Å². The third kappa shape index (κ3) is 3.83. The van der Waals surface area contributed by atoms with E-state index in [0.29, 0.717) is 23.4 Å². The molecule has 0 aliphatic carbocycles. The van der Waals surface area contributed by atoms with Gasteiger partial charge in [-0.05, 0) is 30.3 Å². The summed E-state index contributed by atoms with van der Waals surface area (Å²) in [6, 6.07) is 12.6. The molecule has 0 fully saturated rings. The molecule has 7 nitrogen and oxygen atoms in total. The number of anilines is 1. The quantitative estimate of drug-likeness (QED) is 0.457. The zero-order chi connectivity index (χ0) is 21.4. The van der Waals surface area contributed by atoms with E-state index in [0.717, 1.165) is 19.8 Å². The highest BCUT2D eigenvalue weighted by Gasteiger charge is 2.24. The Morgan fingerprint density at radius 1 is 1.16 bits per heavy atom. The number of benzene rings is 2. The van der Waals surface area contributed by atoms with E-state index >= 15 is 0 Å². The summed E-state index contributed by atoms with van der Waals surface area (Å²) >= 11 is 9.42. The molecule has 1 aliphatic heterocycles. The van der Waals surface area contributed by atoms with Gasteiger partial charge in [-0.15, -0.1) is 0 Å². The van der Waals surface area contributed by atoms with Crippen molar-refractivity contribution in [3.8, 4) is 5.13 Å². The summed E-state index contributed by atoms with van der Waals surface area (Å²) in [6.45, 7) is 0.303. The minimum atomic E-state index is -0.331. The first-order valence-corrected chi connectivity index (χ1v) is 11.2. The number of aromatic nitrogens is 3. The predicted octanol–water partition coefficient (Wildman–Crippen LogP) is 4.63. The molecule has 154 valence electrons. The number of carbonyl (C=O) groups is 2. The molecule has 4 aromatic rings. The Morgan fingerprint density at radius 3 is 2.87 bits per heavy atom.